The van der Waals surface area contributed by atoms with E-state index in [4.69, 9.17) is 0 Å². The van der Waals surface area contributed by atoms with Crippen LogP contribution < -0.4 is 0 Å². The van der Waals surface area contributed by atoms with E-state index in [1.54, 1.807) is 0 Å². The number of hydrogen-bond donors (Lipinski definition) is 0. The molecular weight excluding hydrogens is 156 g/mol. The minimum Gasteiger partial charge on any atom is -0.0956 e. The Morgan fingerprint density at radius 2 is 1.69 bits per heavy atom. The summed E-state index contributed by atoms with van der Waals surface area (Å²) in [7, 11) is 0. The summed E-state index contributed by atoms with van der Waals surface area (Å²) in [6, 6.07) is 0. The maximum Gasteiger partial charge on any atom is -0.0225 e. The Hall–Kier alpha value is -0.520. The first-order valence-electron chi connectivity index (χ1n) is 5.30. The topological polar surface area (TPSA) is 0 Å². The van der Waals surface area contributed by atoms with Crippen molar-refractivity contribution in [2.24, 2.45) is 17.8 Å². The molecule has 76 valence electrons. The van der Waals surface area contributed by atoms with Gasteiger partial charge < -0.3 is 0 Å². The molecule has 0 heteroatoms. The summed E-state index contributed by atoms with van der Waals surface area (Å²) in [5.41, 5.74) is 1.23. The third kappa shape index (κ3) is 5.68. The Labute approximate surface area is 83.7 Å². The van der Waals surface area contributed by atoms with Crippen LogP contribution in [-0.4, -0.2) is 0 Å². The molecule has 0 spiro atoms. The van der Waals surface area contributed by atoms with Crippen LogP contribution in [0, 0.1) is 17.8 Å². The molecule has 0 aromatic rings. The first-order valence-corrected chi connectivity index (χ1v) is 5.30. The first-order chi connectivity index (χ1) is 5.95. The molecule has 0 radical (unpaired) electrons. The van der Waals surface area contributed by atoms with E-state index in [0.29, 0.717) is 5.92 Å². The summed E-state index contributed by atoms with van der Waals surface area (Å²) in [5, 5.41) is 0. The van der Waals surface area contributed by atoms with E-state index >= 15 is 0 Å². The molecule has 0 N–H and O–H groups in total. The first kappa shape index (κ1) is 12.5. The van der Waals surface area contributed by atoms with Crippen LogP contribution in [0.2, 0.25) is 0 Å². The van der Waals surface area contributed by atoms with Crippen molar-refractivity contribution in [3.05, 3.63) is 24.3 Å². The van der Waals surface area contributed by atoms with Gasteiger partial charge in [-0.25, -0.2) is 0 Å². The van der Waals surface area contributed by atoms with Gasteiger partial charge in [-0.1, -0.05) is 58.9 Å². The predicted molar refractivity (Wildman–Crippen MR) is 61.7 cm³/mol. The summed E-state index contributed by atoms with van der Waals surface area (Å²) < 4.78 is 0. The lowest BCUT2D eigenvalue weighted by Crippen LogP contribution is -2.01. The third-order valence-electron chi connectivity index (χ3n) is 2.72. The lowest BCUT2D eigenvalue weighted by atomic mass is 9.94. The quantitative estimate of drug-likeness (QED) is 0.549. The average Bonchev–Trinajstić information content (AvgIpc) is 2.03. The molecule has 0 aliphatic carbocycles. The van der Waals surface area contributed by atoms with Crippen molar-refractivity contribution >= 4 is 0 Å². The molecule has 0 bridgehead atoms. The normalized spacial score (nSPS) is 14.4. The highest BCUT2D eigenvalue weighted by atomic mass is 14.1. The fraction of sp³-hybridized carbons (Fsp3) is 0.692. The molecule has 0 aromatic heterocycles. The highest BCUT2D eigenvalue weighted by Crippen LogP contribution is 2.15. The molecule has 0 amide bonds. The second-order valence-corrected chi connectivity index (χ2v) is 4.59. The smallest absolute Gasteiger partial charge is 0.0225 e. The second kappa shape index (κ2) is 6.01. The largest absolute Gasteiger partial charge is 0.0956 e. The molecular formula is C13H24. The molecule has 13 heavy (non-hydrogen) atoms. The van der Waals surface area contributed by atoms with Gasteiger partial charge in [-0.3, -0.25) is 0 Å². The van der Waals surface area contributed by atoms with Crippen molar-refractivity contribution in [1.29, 1.82) is 0 Å². The van der Waals surface area contributed by atoms with Crippen molar-refractivity contribution in [2.45, 2.75) is 41.0 Å². The van der Waals surface area contributed by atoms with Gasteiger partial charge in [0.1, 0.15) is 0 Å². The van der Waals surface area contributed by atoms with Crippen LogP contribution >= 0.6 is 0 Å². The van der Waals surface area contributed by atoms with Crippen molar-refractivity contribution in [3.63, 3.8) is 0 Å². The van der Waals surface area contributed by atoms with Crippen molar-refractivity contribution < 1.29 is 0 Å². The summed E-state index contributed by atoms with van der Waals surface area (Å²) in [5.74, 6) is 2.12. The van der Waals surface area contributed by atoms with Gasteiger partial charge in [-0.15, -0.1) is 0 Å². The lowest BCUT2D eigenvalue weighted by molar-refractivity contribution is 0.424. The monoisotopic (exact) mass is 180 g/mol. The standard InChI is InChI=1S/C13H24/c1-10(2)12(5)8-7-9-13(6)11(3)4/h7-8,10-11,13H,5,9H2,1-4,6H3/b8-7-. The zero-order chi connectivity index (χ0) is 10.4. The SMILES string of the molecule is C=C(/C=C\CC(C)C(C)C)C(C)C. The van der Waals surface area contributed by atoms with Crippen LogP contribution in [0.3, 0.4) is 0 Å². The van der Waals surface area contributed by atoms with Gasteiger partial charge >= 0.3 is 0 Å². The van der Waals surface area contributed by atoms with Crippen LogP contribution in [0.1, 0.15) is 41.0 Å². The Morgan fingerprint density at radius 1 is 1.15 bits per heavy atom. The molecule has 0 heterocycles. The maximum atomic E-state index is 4.01. The zero-order valence-corrected chi connectivity index (χ0v) is 9.80. The molecule has 1 unspecified atom stereocenters. The van der Waals surface area contributed by atoms with Gasteiger partial charge in [-0.2, -0.15) is 0 Å². The number of rotatable bonds is 5. The minimum atomic E-state index is 0.575. The predicted octanol–water partition coefficient (Wildman–Crippen LogP) is 4.44. The van der Waals surface area contributed by atoms with Crippen molar-refractivity contribution in [2.75, 3.05) is 0 Å². The lowest BCUT2D eigenvalue weighted by Gasteiger charge is -2.12. The third-order valence-corrected chi connectivity index (χ3v) is 2.72. The fourth-order valence-corrected chi connectivity index (χ4v) is 0.899. The molecule has 0 rings (SSSR count). The molecule has 0 aromatic carbocycles. The Balaban J connectivity index is 3.81. The molecule has 1 atom stereocenters. The summed E-state index contributed by atoms with van der Waals surface area (Å²) in [4.78, 5) is 0. The van der Waals surface area contributed by atoms with Gasteiger partial charge in [-0.05, 0) is 24.2 Å². The molecule has 0 saturated heterocycles. The van der Waals surface area contributed by atoms with E-state index in [2.05, 4.69) is 53.3 Å². The van der Waals surface area contributed by atoms with Crippen LogP contribution in [0.4, 0.5) is 0 Å². The van der Waals surface area contributed by atoms with Gasteiger partial charge in [0.2, 0.25) is 0 Å². The van der Waals surface area contributed by atoms with E-state index in [1.807, 2.05) is 0 Å². The molecule has 0 aliphatic rings. The summed E-state index contributed by atoms with van der Waals surface area (Å²) >= 11 is 0. The highest BCUT2D eigenvalue weighted by molar-refractivity contribution is 5.16. The molecule has 0 aliphatic heterocycles. The van der Waals surface area contributed by atoms with E-state index in [-0.39, 0.29) is 0 Å². The summed E-state index contributed by atoms with van der Waals surface area (Å²) in [6.45, 7) is 15.2. The van der Waals surface area contributed by atoms with E-state index in [9.17, 15) is 0 Å². The highest BCUT2D eigenvalue weighted by Gasteiger charge is 2.03. The zero-order valence-electron chi connectivity index (χ0n) is 9.80. The van der Waals surface area contributed by atoms with E-state index < -0.39 is 0 Å². The van der Waals surface area contributed by atoms with Gasteiger partial charge in [0.15, 0.2) is 0 Å². The Kier molecular flexibility index (Phi) is 5.77. The van der Waals surface area contributed by atoms with Gasteiger partial charge in [0.25, 0.3) is 0 Å². The van der Waals surface area contributed by atoms with Crippen molar-refractivity contribution in [1.82, 2.24) is 0 Å². The average molecular weight is 180 g/mol. The van der Waals surface area contributed by atoms with Crippen LogP contribution in [0.5, 0.6) is 0 Å². The van der Waals surface area contributed by atoms with Crippen LogP contribution in [0.25, 0.3) is 0 Å². The van der Waals surface area contributed by atoms with E-state index in [0.717, 1.165) is 11.8 Å². The number of allylic oxidation sites excluding steroid dienone is 3. The second-order valence-electron chi connectivity index (χ2n) is 4.59. The van der Waals surface area contributed by atoms with Gasteiger partial charge in [0.05, 0.1) is 0 Å². The minimum absolute atomic E-state index is 0.575. The molecule has 0 fully saturated rings. The van der Waals surface area contributed by atoms with Crippen molar-refractivity contribution in [3.8, 4) is 0 Å². The van der Waals surface area contributed by atoms with Crippen LogP contribution in [0.15, 0.2) is 24.3 Å². The van der Waals surface area contributed by atoms with Crippen LogP contribution in [-0.2, 0) is 0 Å². The Morgan fingerprint density at radius 3 is 2.08 bits per heavy atom. The van der Waals surface area contributed by atoms with Gasteiger partial charge in [0, 0.05) is 0 Å². The summed E-state index contributed by atoms with van der Waals surface area (Å²) in [6.07, 6.45) is 5.60. The molecule has 0 nitrogen and oxygen atoms in total. The maximum absolute atomic E-state index is 4.01. The van der Waals surface area contributed by atoms with E-state index in [1.165, 1.54) is 12.0 Å². The molecule has 0 saturated carbocycles. The fourth-order valence-electron chi connectivity index (χ4n) is 0.899. The number of hydrogen-bond acceptors (Lipinski definition) is 0. The Bertz CT molecular complexity index is 172.